The van der Waals surface area contributed by atoms with E-state index in [1.165, 1.54) is 5.56 Å². The standard InChI is InChI=1S/C16H18N2O.HI/c1-13-8-10-18(11-9-13)12-16(19)17-14(2)15-6-4-3-5-7-15;/h3-11,14H,12H2,1-2H3;1H/p+1. The molecule has 1 heterocycles. The average molecular weight is 383 g/mol. The van der Waals surface area contributed by atoms with Crippen LogP contribution in [0, 0.1) is 6.92 Å². The molecule has 0 saturated carbocycles. The van der Waals surface area contributed by atoms with Gasteiger partial charge in [-0.15, -0.1) is 24.0 Å². The fourth-order valence-electron chi connectivity index (χ4n) is 1.92. The zero-order valence-electron chi connectivity index (χ0n) is 11.7. The van der Waals surface area contributed by atoms with Crippen molar-refractivity contribution in [1.82, 2.24) is 5.32 Å². The highest BCUT2D eigenvalue weighted by molar-refractivity contribution is 14.0. The van der Waals surface area contributed by atoms with Crippen molar-refractivity contribution in [2.45, 2.75) is 26.4 Å². The van der Waals surface area contributed by atoms with Gasteiger partial charge in [0, 0.05) is 12.1 Å². The van der Waals surface area contributed by atoms with E-state index in [9.17, 15) is 4.79 Å². The Labute approximate surface area is 137 Å². The van der Waals surface area contributed by atoms with E-state index in [0.29, 0.717) is 6.54 Å². The monoisotopic (exact) mass is 383 g/mol. The van der Waals surface area contributed by atoms with Gasteiger partial charge in [0.25, 0.3) is 5.91 Å². The van der Waals surface area contributed by atoms with Gasteiger partial charge in [0.05, 0.1) is 6.04 Å². The number of nitrogens with one attached hydrogen (secondary N) is 1. The van der Waals surface area contributed by atoms with Gasteiger partial charge in [0.2, 0.25) is 6.54 Å². The lowest BCUT2D eigenvalue weighted by atomic mass is 10.1. The topological polar surface area (TPSA) is 33.0 Å². The largest absolute Gasteiger partial charge is 0.344 e. The zero-order valence-corrected chi connectivity index (χ0v) is 14.1. The molecule has 0 aliphatic rings. The fourth-order valence-corrected chi connectivity index (χ4v) is 1.92. The molecule has 0 radical (unpaired) electrons. The number of benzene rings is 1. The van der Waals surface area contributed by atoms with Crippen LogP contribution in [0.1, 0.15) is 24.1 Å². The maximum Gasteiger partial charge on any atom is 0.286 e. The van der Waals surface area contributed by atoms with Gasteiger partial charge in [0.1, 0.15) is 0 Å². The summed E-state index contributed by atoms with van der Waals surface area (Å²) in [6.45, 7) is 4.37. The molecule has 106 valence electrons. The number of hydrogen-bond donors (Lipinski definition) is 1. The van der Waals surface area contributed by atoms with Crippen LogP contribution in [0.3, 0.4) is 0 Å². The zero-order chi connectivity index (χ0) is 13.7. The summed E-state index contributed by atoms with van der Waals surface area (Å²) in [5.41, 5.74) is 2.30. The summed E-state index contributed by atoms with van der Waals surface area (Å²) in [5.74, 6) is 0.0187. The number of carbonyl (C=O) groups is 1. The molecular formula is C16H20IN2O+. The highest BCUT2D eigenvalue weighted by atomic mass is 127. The molecule has 0 fully saturated rings. The van der Waals surface area contributed by atoms with Crippen LogP contribution >= 0.6 is 24.0 Å². The molecule has 0 saturated heterocycles. The van der Waals surface area contributed by atoms with E-state index in [2.05, 4.69) is 5.32 Å². The smallest absolute Gasteiger partial charge is 0.286 e. The summed E-state index contributed by atoms with van der Waals surface area (Å²) in [5, 5.41) is 3.00. The van der Waals surface area contributed by atoms with Crippen molar-refractivity contribution in [3.63, 3.8) is 0 Å². The van der Waals surface area contributed by atoms with Gasteiger partial charge < -0.3 is 5.32 Å². The van der Waals surface area contributed by atoms with Crippen LogP contribution in [0.25, 0.3) is 0 Å². The molecule has 1 amide bonds. The van der Waals surface area contributed by atoms with Crippen molar-refractivity contribution in [2.75, 3.05) is 0 Å². The lowest BCUT2D eigenvalue weighted by molar-refractivity contribution is -0.684. The molecule has 0 aliphatic carbocycles. The Morgan fingerprint density at radius 3 is 2.35 bits per heavy atom. The van der Waals surface area contributed by atoms with Crippen molar-refractivity contribution in [1.29, 1.82) is 0 Å². The molecule has 1 atom stereocenters. The summed E-state index contributed by atoms with van der Waals surface area (Å²) in [4.78, 5) is 11.9. The van der Waals surface area contributed by atoms with Crippen molar-refractivity contribution < 1.29 is 9.36 Å². The first-order chi connectivity index (χ1) is 9.15. The number of halogens is 1. The predicted octanol–water partition coefficient (Wildman–Crippen LogP) is 2.78. The van der Waals surface area contributed by atoms with Gasteiger partial charge in [-0.3, -0.25) is 4.79 Å². The predicted molar refractivity (Wildman–Crippen MR) is 89.8 cm³/mol. The number of hydrogen-bond acceptors (Lipinski definition) is 1. The van der Waals surface area contributed by atoms with Gasteiger partial charge in [-0.2, -0.15) is 4.57 Å². The van der Waals surface area contributed by atoms with E-state index in [1.54, 1.807) is 0 Å². The Kier molecular flexibility index (Phi) is 6.64. The van der Waals surface area contributed by atoms with Crippen molar-refractivity contribution in [2.24, 2.45) is 0 Å². The lowest BCUT2D eigenvalue weighted by Crippen LogP contribution is -2.43. The second-order valence-corrected chi connectivity index (χ2v) is 4.75. The number of amides is 1. The molecule has 1 aromatic heterocycles. The first kappa shape index (κ1) is 16.6. The summed E-state index contributed by atoms with van der Waals surface area (Å²) >= 11 is 0. The third-order valence-electron chi connectivity index (χ3n) is 3.06. The minimum absolute atomic E-state index is 0. The highest BCUT2D eigenvalue weighted by Gasteiger charge is 2.12. The van der Waals surface area contributed by atoms with Crippen LogP contribution in [0.2, 0.25) is 0 Å². The molecule has 0 bridgehead atoms. The normalized spacial score (nSPS) is 11.3. The Morgan fingerprint density at radius 1 is 1.15 bits per heavy atom. The summed E-state index contributed by atoms with van der Waals surface area (Å²) in [6.07, 6.45) is 3.84. The number of pyridine rings is 1. The molecule has 2 aromatic rings. The lowest BCUT2D eigenvalue weighted by Gasteiger charge is -2.12. The molecule has 2 rings (SSSR count). The third-order valence-corrected chi connectivity index (χ3v) is 3.06. The van der Waals surface area contributed by atoms with E-state index in [1.807, 2.05) is 73.3 Å². The summed E-state index contributed by atoms with van der Waals surface area (Å²) in [6, 6.07) is 14.0. The minimum atomic E-state index is 0. The minimum Gasteiger partial charge on any atom is -0.344 e. The van der Waals surface area contributed by atoms with Crippen LogP contribution < -0.4 is 9.88 Å². The van der Waals surface area contributed by atoms with E-state index < -0.39 is 0 Å². The Morgan fingerprint density at radius 2 is 1.75 bits per heavy atom. The quantitative estimate of drug-likeness (QED) is 0.639. The van der Waals surface area contributed by atoms with Gasteiger partial charge in [-0.1, -0.05) is 30.3 Å². The molecule has 1 aromatic carbocycles. The van der Waals surface area contributed by atoms with Crippen molar-refractivity contribution in [3.8, 4) is 0 Å². The molecule has 3 nitrogen and oxygen atoms in total. The second-order valence-electron chi connectivity index (χ2n) is 4.75. The number of aromatic nitrogens is 1. The highest BCUT2D eigenvalue weighted by Crippen LogP contribution is 2.10. The maximum atomic E-state index is 11.9. The average Bonchev–Trinajstić information content (AvgIpc) is 2.42. The first-order valence-electron chi connectivity index (χ1n) is 6.45. The van der Waals surface area contributed by atoms with E-state index in [4.69, 9.17) is 0 Å². The molecular weight excluding hydrogens is 363 g/mol. The van der Waals surface area contributed by atoms with Crippen LogP contribution in [-0.4, -0.2) is 5.91 Å². The fraction of sp³-hybridized carbons (Fsp3) is 0.250. The van der Waals surface area contributed by atoms with Gasteiger partial charge in [0.15, 0.2) is 12.4 Å². The first-order valence-corrected chi connectivity index (χ1v) is 6.45. The number of nitrogens with zero attached hydrogens (tertiary/aromatic N) is 1. The van der Waals surface area contributed by atoms with Gasteiger partial charge >= 0.3 is 0 Å². The molecule has 20 heavy (non-hydrogen) atoms. The molecule has 0 spiro atoms. The van der Waals surface area contributed by atoms with E-state index in [-0.39, 0.29) is 35.9 Å². The Hall–Kier alpha value is -1.43. The van der Waals surface area contributed by atoms with E-state index in [0.717, 1.165) is 5.56 Å². The summed E-state index contributed by atoms with van der Waals surface area (Å²) < 4.78 is 1.88. The number of carbonyl (C=O) groups excluding carboxylic acids is 1. The number of aryl methyl sites for hydroxylation is 1. The van der Waals surface area contributed by atoms with Gasteiger partial charge in [-0.05, 0) is 25.0 Å². The van der Waals surface area contributed by atoms with Crippen LogP contribution in [-0.2, 0) is 11.3 Å². The van der Waals surface area contributed by atoms with E-state index >= 15 is 0 Å². The molecule has 0 aliphatic heterocycles. The summed E-state index contributed by atoms with van der Waals surface area (Å²) in [7, 11) is 0. The number of rotatable bonds is 4. The Balaban J connectivity index is 0.00000200. The second kappa shape index (κ2) is 7.99. The Bertz CT molecular complexity index is 540. The van der Waals surface area contributed by atoms with Crippen molar-refractivity contribution in [3.05, 3.63) is 66.0 Å². The van der Waals surface area contributed by atoms with Crippen LogP contribution in [0.5, 0.6) is 0 Å². The maximum absolute atomic E-state index is 11.9. The molecule has 1 unspecified atom stereocenters. The van der Waals surface area contributed by atoms with Crippen molar-refractivity contribution >= 4 is 29.9 Å². The SMILES string of the molecule is Cc1cc[n+](CC(=O)NC(C)c2ccccc2)cc1.I. The van der Waals surface area contributed by atoms with Crippen LogP contribution in [0.4, 0.5) is 0 Å². The van der Waals surface area contributed by atoms with Gasteiger partial charge in [-0.25, -0.2) is 0 Å². The molecule has 4 heteroatoms. The van der Waals surface area contributed by atoms with Crippen LogP contribution in [0.15, 0.2) is 54.9 Å². The molecule has 1 N–H and O–H groups in total. The third kappa shape index (κ3) is 4.92.